The molecule has 0 unspecified atom stereocenters. The molecule has 2 aromatic heterocycles. The number of nitrogens with zero attached hydrogens (tertiary/aromatic N) is 3. The van der Waals surface area contributed by atoms with Crippen LogP contribution in [0.1, 0.15) is 12.8 Å². The number of rotatable bonds is 3. The molecule has 9 heteroatoms. The molecule has 1 fully saturated rings. The highest BCUT2D eigenvalue weighted by atomic mass is 19.2. The number of aromatic amines is 1. The number of piperidine rings is 1. The van der Waals surface area contributed by atoms with Crippen LogP contribution in [0.4, 0.5) is 25.1 Å². The molecule has 1 aliphatic rings. The number of halogens is 2. The molecule has 1 aliphatic heterocycles. The van der Waals surface area contributed by atoms with E-state index >= 15 is 0 Å². The van der Waals surface area contributed by atoms with E-state index in [1.807, 2.05) is 12.3 Å². The van der Waals surface area contributed by atoms with E-state index in [1.165, 1.54) is 12.4 Å². The summed E-state index contributed by atoms with van der Waals surface area (Å²) in [4.78, 5) is 25.9. The maximum Gasteiger partial charge on any atom is 0.319 e. The third-order valence-corrected chi connectivity index (χ3v) is 4.64. The monoisotopic (exact) mass is 372 g/mol. The number of carbonyl (C=O) groups is 1. The predicted octanol–water partition coefficient (Wildman–Crippen LogP) is 3.03. The van der Waals surface area contributed by atoms with Gasteiger partial charge in [-0.3, -0.25) is 0 Å². The van der Waals surface area contributed by atoms with Crippen molar-refractivity contribution in [1.29, 1.82) is 0 Å². The first-order valence-corrected chi connectivity index (χ1v) is 8.66. The van der Waals surface area contributed by atoms with Crippen molar-refractivity contribution in [3.05, 3.63) is 48.4 Å². The van der Waals surface area contributed by atoms with Crippen LogP contribution in [0.3, 0.4) is 0 Å². The number of hydrogen-bond donors (Lipinski definition) is 3. The molecule has 7 nitrogen and oxygen atoms in total. The Morgan fingerprint density at radius 2 is 1.96 bits per heavy atom. The number of anilines is 2. The van der Waals surface area contributed by atoms with Gasteiger partial charge in [-0.15, -0.1) is 0 Å². The maximum atomic E-state index is 13.2. The van der Waals surface area contributed by atoms with Gasteiger partial charge in [-0.2, -0.15) is 0 Å². The number of H-pyrrole nitrogens is 1. The molecule has 140 valence electrons. The smallest absolute Gasteiger partial charge is 0.319 e. The molecule has 0 spiro atoms. The molecule has 3 aromatic rings. The van der Waals surface area contributed by atoms with Crippen LogP contribution in [0.25, 0.3) is 11.0 Å². The summed E-state index contributed by atoms with van der Waals surface area (Å²) in [7, 11) is 0. The zero-order chi connectivity index (χ0) is 18.8. The normalized spacial score (nSPS) is 15.1. The van der Waals surface area contributed by atoms with Crippen LogP contribution in [0.15, 0.2) is 36.8 Å². The fraction of sp³-hybridized carbons (Fsp3) is 0.278. The Labute approximate surface area is 153 Å². The Morgan fingerprint density at radius 3 is 2.74 bits per heavy atom. The Morgan fingerprint density at radius 1 is 1.15 bits per heavy atom. The molecule has 2 amide bonds. The highest BCUT2D eigenvalue weighted by molar-refractivity contribution is 5.89. The number of urea groups is 1. The average molecular weight is 372 g/mol. The summed E-state index contributed by atoms with van der Waals surface area (Å²) in [6, 6.07) is 4.76. The van der Waals surface area contributed by atoms with Crippen LogP contribution in [0.5, 0.6) is 0 Å². The minimum Gasteiger partial charge on any atom is -0.356 e. The van der Waals surface area contributed by atoms with Crippen molar-refractivity contribution in [3.63, 3.8) is 0 Å². The topological polar surface area (TPSA) is 85.9 Å². The first-order chi connectivity index (χ1) is 13.1. The summed E-state index contributed by atoms with van der Waals surface area (Å²) in [5.74, 6) is -1.07. The van der Waals surface area contributed by atoms with E-state index in [9.17, 15) is 13.6 Å². The summed E-state index contributed by atoms with van der Waals surface area (Å²) in [6.07, 6.45) is 4.87. The van der Waals surface area contributed by atoms with Gasteiger partial charge in [0.05, 0.1) is 5.39 Å². The van der Waals surface area contributed by atoms with Crippen molar-refractivity contribution < 1.29 is 13.6 Å². The number of amides is 2. The van der Waals surface area contributed by atoms with Crippen LogP contribution in [0, 0.1) is 11.6 Å². The third kappa shape index (κ3) is 3.67. The molecule has 1 aromatic carbocycles. The molecule has 3 N–H and O–H groups in total. The Hall–Kier alpha value is -3.23. The zero-order valence-corrected chi connectivity index (χ0v) is 14.4. The van der Waals surface area contributed by atoms with Gasteiger partial charge >= 0.3 is 6.03 Å². The zero-order valence-electron chi connectivity index (χ0n) is 14.4. The van der Waals surface area contributed by atoms with Crippen molar-refractivity contribution in [2.75, 3.05) is 23.3 Å². The number of carbonyl (C=O) groups excluding carboxylic acids is 1. The Balaban J connectivity index is 1.33. The number of hydrogen-bond acceptors (Lipinski definition) is 4. The summed E-state index contributed by atoms with van der Waals surface area (Å²) in [5, 5.41) is 6.37. The van der Waals surface area contributed by atoms with Gasteiger partial charge in [0.2, 0.25) is 0 Å². The van der Waals surface area contributed by atoms with Crippen molar-refractivity contribution in [3.8, 4) is 0 Å². The van der Waals surface area contributed by atoms with E-state index in [0.29, 0.717) is 0 Å². The highest BCUT2D eigenvalue weighted by Gasteiger charge is 2.23. The number of fused-ring (bicyclic) bond motifs is 1. The van der Waals surface area contributed by atoms with Crippen LogP contribution in [0.2, 0.25) is 0 Å². The Kier molecular flexibility index (Phi) is 4.57. The molecule has 4 rings (SSSR count). The van der Waals surface area contributed by atoms with E-state index in [2.05, 4.69) is 30.5 Å². The van der Waals surface area contributed by atoms with Gasteiger partial charge in [0, 0.05) is 37.1 Å². The molecule has 27 heavy (non-hydrogen) atoms. The molecule has 1 saturated heterocycles. The van der Waals surface area contributed by atoms with Gasteiger partial charge in [-0.1, -0.05) is 0 Å². The Bertz CT molecular complexity index is 967. The van der Waals surface area contributed by atoms with Crippen LogP contribution < -0.4 is 15.5 Å². The fourth-order valence-electron chi connectivity index (χ4n) is 3.27. The second-order valence-corrected chi connectivity index (χ2v) is 6.43. The summed E-state index contributed by atoms with van der Waals surface area (Å²) >= 11 is 0. The van der Waals surface area contributed by atoms with Gasteiger partial charge in [-0.05, 0) is 31.0 Å². The van der Waals surface area contributed by atoms with E-state index < -0.39 is 17.7 Å². The van der Waals surface area contributed by atoms with Crippen molar-refractivity contribution in [2.24, 2.45) is 0 Å². The lowest BCUT2D eigenvalue weighted by atomic mass is 10.1. The molecule has 0 aliphatic carbocycles. The van der Waals surface area contributed by atoms with Crippen molar-refractivity contribution >= 4 is 28.6 Å². The number of nitrogens with one attached hydrogen (secondary N) is 3. The molecule has 3 heterocycles. The minimum absolute atomic E-state index is 0.00454. The van der Waals surface area contributed by atoms with Gasteiger partial charge in [0.25, 0.3) is 0 Å². The van der Waals surface area contributed by atoms with E-state index in [-0.39, 0.29) is 11.7 Å². The minimum atomic E-state index is -0.998. The average Bonchev–Trinajstić information content (AvgIpc) is 3.14. The van der Waals surface area contributed by atoms with Crippen LogP contribution in [-0.4, -0.2) is 40.1 Å². The molecule has 0 bridgehead atoms. The lowest BCUT2D eigenvalue weighted by Crippen LogP contribution is -2.46. The van der Waals surface area contributed by atoms with Gasteiger partial charge < -0.3 is 20.5 Å². The summed E-state index contributed by atoms with van der Waals surface area (Å²) < 4.78 is 26.2. The van der Waals surface area contributed by atoms with E-state index in [0.717, 1.165) is 54.9 Å². The van der Waals surface area contributed by atoms with Gasteiger partial charge in [0.1, 0.15) is 17.8 Å². The third-order valence-electron chi connectivity index (χ3n) is 4.64. The number of benzene rings is 1. The maximum absolute atomic E-state index is 13.2. The molecule has 0 atom stereocenters. The quantitative estimate of drug-likeness (QED) is 0.660. The lowest BCUT2D eigenvalue weighted by Gasteiger charge is -2.33. The van der Waals surface area contributed by atoms with Gasteiger partial charge in [0.15, 0.2) is 11.6 Å². The second-order valence-electron chi connectivity index (χ2n) is 6.43. The van der Waals surface area contributed by atoms with Crippen LogP contribution in [-0.2, 0) is 0 Å². The lowest BCUT2D eigenvalue weighted by molar-refractivity contribution is 0.246. The summed E-state index contributed by atoms with van der Waals surface area (Å²) in [6.45, 7) is 1.49. The first-order valence-electron chi connectivity index (χ1n) is 8.66. The standard InChI is InChI=1S/C18H18F2N6O/c19-14-2-1-12(9-15(14)20)25-18(27)24-11-4-7-26(8-5-11)17-13-3-6-21-16(13)22-10-23-17/h1-3,6,9-11H,4-5,7-8H2,(H,21,22,23)(H2,24,25,27). The first kappa shape index (κ1) is 17.2. The van der Waals surface area contributed by atoms with Crippen molar-refractivity contribution in [1.82, 2.24) is 20.3 Å². The second kappa shape index (κ2) is 7.18. The SMILES string of the molecule is O=C(Nc1ccc(F)c(F)c1)NC1CCN(c2ncnc3[nH]ccc23)CC1. The molecular weight excluding hydrogens is 354 g/mol. The molecule has 0 radical (unpaired) electrons. The van der Waals surface area contributed by atoms with Crippen LogP contribution >= 0.6 is 0 Å². The van der Waals surface area contributed by atoms with E-state index in [1.54, 1.807) is 0 Å². The molecular formula is C18H18F2N6O. The fourth-order valence-corrected chi connectivity index (χ4v) is 3.27. The largest absolute Gasteiger partial charge is 0.356 e. The number of aromatic nitrogens is 3. The van der Waals surface area contributed by atoms with Gasteiger partial charge in [-0.25, -0.2) is 23.5 Å². The van der Waals surface area contributed by atoms with Crippen molar-refractivity contribution in [2.45, 2.75) is 18.9 Å². The predicted molar refractivity (Wildman–Crippen MR) is 97.6 cm³/mol. The highest BCUT2D eigenvalue weighted by Crippen LogP contribution is 2.25. The summed E-state index contributed by atoms with van der Waals surface area (Å²) in [5.41, 5.74) is 1.01. The van der Waals surface area contributed by atoms with E-state index in [4.69, 9.17) is 0 Å². The molecule has 0 saturated carbocycles.